The SMILES string of the molecule is Cc1ccc(C(C)(C)C2(N)CC2)cc1Br. The smallest absolute Gasteiger partial charge is 0.0248 e. The van der Waals surface area contributed by atoms with E-state index in [1.165, 1.54) is 15.6 Å². The second kappa shape index (κ2) is 3.33. The van der Waals surface area contributed by atoms with Gasteiger partial charge in [-0.2, -0.15) is 0 Å². The van der Waals surface area contributed by atoms with E-state index < -0.39 is 0 Å². The summed E-state index contributed by atoms with van der Waals surface area (Å²) in [6.45, 7) is 6.60. The molecule has 0 bridgehead atoms. The maximum Gasteiger partial charge on any atom is 0.0248 e. The summed E-state index contributed by atoms with van der Waals surface area (Å²) in [7, 11) is 0. The normalized spacial score (nSPS) is 19.0. The van der Waals surface area contributed by atoms with Crippen LogP contribution < -0.4 is 5.73 Å². The van der Waals surface area contributed by atoms with Gasteiger partial charge in [0.1, 0.15) is 0 Å². The van der Waals surface area contributed by atoms with E-state index in [-0.39, 0.29) is 11.0 Å². The molecule has 0 heterocycles. The number of hydrogen-bond donors (Lipinski definition) is 1. The van der Waals surface area contributed by atoms with Gasteiger partial charge in [-0.25, -0.2) is 0 Å². The largest absolute Gasteiger partial charge is 0.324 e. The Kier molecular flexibility index (Phi) is 2.47. The molecule has 0 saturated heterocycles. The molecule has 1 saturated carbocycles. The summed E-state index contributed by atoms with van der Waals surface area (Å²) >= 11 is 3.58. The predicted octanol–water partition coefficient (Wildman–Crippen LogP) is 3.53. The Hall–Kier alpha value is -0.340. The van der Waals surface area contributed by atoms with Gasteiger partial charge < -0.3 is 5.73 Å². The highest BCUT2D eigenvalue weighted by molar-refractivity contribution is 9.10. The zero-order chi connectivity index (χ0) is 11.3. The third-order valence-electron chi connectivity index (χ3n) is 3.93. The van der Waals surface area contributed by atoms with Crippen LogP contribution in [0.3, 0.4) is 0 Å². The molecule has 1 aromatic rings. The predicted molar refractivity (Wildman–Crippen MR) is 68.1 cm³/mol. The molecule has 0 spiro atoms. The fraction of sp³-hybridized carbons (Fsp3) is 0.538. The molecule has 1 aliphatic carbocycles. The third kappa shape index (κ3) is 1.74. The van der Waals surface area contributed by atoms with Crippen molar-refractivity contribution in [1.82, 2.24) is 0 Å². The Balaban J connectivity index is 2.41. The van der Waals surface area contributed by atoms with Gasteiger partial charge in [0.05, 0.1) is 0 Å². The first kappa shape index (κ1) is 11.2. The van der Waals surface area contributed by atoms with Crippen LogP contribution in [-0.2, 0) is 5.41 Å². The monoisotopic (exact) mass is 267 g/mol. The van der Waals surface area contributed by atoms with E-state index in [2.05, 4.69) is 54.9 Å². The molecule has 0 aliphatic heterocycles. The van der Waals surface area contributed by atoms with Crippen molar-refractivity contribution in [2.75, 3.05) is 0 Å². The van der Waals surface area contributed by atoms with Gasteiger partial charge in [0.2, 0.25) is 0 Å². The maximum atomic E-state index is 6.33. The molecule has 0 atom stereocenters. The quantitative estimate of drug-likeness (QED) is 0.872. The van der Waals surface area contributed by atoms with Crippen molar-refractivity contribution in [3.05, 3.63) is 33.8 Å². The molecule has 1 fully saturated rings. The van der Waals surface area contributed by atoms with E-state index in [0.29, 0.717) is 0 Å². The molecular formula is C13H18BrN. The van der Waals surface area contributed by atoms with E-state index in [1.54, 1.807) is 0 Å². The number of aryl methyl sites for hydroxylation is 1. The lowest BCUT2D eigenvalue weighted by Gasteiger charge is -2.32. The number of nitrogens with two attached hydrogens (primary N) is 1. The number of hydrogen-bond acceptors (Lipinski definition) is 1. The fourth-order valence-electron chi connectivity index (χ4n) is 2.03. The first-order chi connectivity index (χ1) is 6.87. The van der Waals surface area contributed by atoms with Crippen LogP contribution in [0.25, 0.3) is 0 Å². The van der Waals surface area contributed by atoms with Crippen molar-refractivity contribution in [2.45, 2.75) is 44.6 Å². The van der Waals surface area contributed by atoms with E-state index in [1.807, 2.05) is 0 Å². The first-order valence-corrected chi connectivity index (χ1v) is 6.22. The average molecular weight is 268 g/mol. The van der Waals surface area contributed by atoms with Crippen molar-refractivity contribution < 1.29 is 0 Å². The molecule has 0 amide bonds. The van der Waals surface area contributed by atoms with E-state index in [4.69, 9.17) is 5.73 Å². The summed E-state index contributed by atoms with van der Waals surface area (Å²) in [4.78, 5) is 0. The highest BCUT2D eigenvalue weighted by Gasteiger charge is 2.51. The van der Waals surface area contributed by atoms with Gasteiger partial charge >= 0.3 is 0 Å². The van der Waals surface area contributed by atoms with Crippen LogP contribution in [0.2, 0.25) is 0 Å². The minimum Gasteiger partial charge on any atom is -0.324 e. The Labute approximate surface area is 100 Å². The number of rotatable bonds is 2. The van der Waals surface area contributed by atoms with Gasteiger partial charge in [-0.15, -0.1) is 0 Å². The first-order valence-electron chi connectivity index (χ1n) is 5.42. The lowest BCUT2D eigenvalue weighted by molar-refractivity contribution is 0.391. The molecule has 2 heteroatoms. The van der Waals surface area contributed by atoms with Gasteiger partial charge in [0.25, 0.3) is 0 Å². The summed E-state index contributed by atoms with van der Waals surface area (Å²) in [5, 5.41) is 0. The van der Waals surface area contributed by atoms with Crippen molar-refractivity contribution in [2.24, 2.45) is 5.73 Å². The van der Waals surface area contributed by atoms with E-state index >= 15 is 0 Å². The standard InChI is InChI=1S/C13H18BrN/c1-9-4-5-10(8-11(9)14)12(2,3)13(15)6-7-13/h4-5,8H,6-7,15H2,1-3H3. The minimum absolute atomic E-state index is 0.0156. The Morgan fingerprint density at radius 1 is 1.33 bits per heavy atom. The summed E-state index contributed by atoms with van der Waals surface area (Å²) < 4.78 is 1.18. The molecule has 82 valence electrons. The van der Waals surface area contributed by atoms with Crippen LogP contribution >= 0.6 is 15.9 Å². The van der Waals surface area contributed by atoms with Crippen LogP contribution in [0.5, 0.6) is 0 Å². The highest BCUT2D eigenvalue weighted by Crippen LogP contribution is 2.49. The van der Waals surface area contributed by atoms with Crippen molar-refractivity contribution in [1.29, 1.82) is 0 Å². The van der Waals surface area contributed by atoms with Gasteiger partial charge in [0, 0.05) is 15.4 Å². The lowest BCUT2D eigenvalue weighted by atomic mass is 9.76. The van der Waals surface area contributed by atoms with Crippen LogP contribution in [0.15, 0.2) is 22.7 Å². The molecule has 2 N–H and O–H groups in total. The second-order valence-corrected chi connectivity index (χ2v) is 6.10. The minimum atomic E-state index is 0.0156. The number of benzene rings is 1. The third-order valence-corrected chi connectivity index (χ3v) is 4.78. The molecule has 2 rings (SSSR count). The summed E-state index contributed by atoms with van der Waals surface area (Å²) in [5.74, 6) is 0. The summed E-state index contributed by atoms with van der Waals surface area (Å²) in [5.41, 5.74) is 9.03. The zero-order valence-corrected chi connectivity index (χ0v) is 11.2. The van der Waals surface area contributed by atoms with Crippen LogP contribution in [0.1, 0.15) is 37.8 Å². The zero-order valence-electron chi connectivity index (χ0n) is 9.60. The summed E-state index contributed by atoms with van der Waals surface area (Å²) in [6, 6.07) is 6.57. The average Bonchev–Trinajstić information content (AvgIpc) is 2.90. The lowest BCUT2D eigenvalue weighted by Crippen LogP contribution is -2.43. The Morgan fingerprint density at radius 2 is 1.93 bits per heavy atom. The van der Waals surface area contributed by atoms with Crippen LogP contribution in [0.4, 0.5) is 0 Å². The van der Waals surface area contributed by atoms with Crippen molar-refractivity contribution in [3.8, 4) is 0 Å². The molecule has 15 heavy (non-hydrogen) atoms. The van der Waals surface area contributed by atoms with Gasteiger partial charge in [-0.3, -0.25) is 0 Å². The molecule has 0 radical (unpaired) electrons. The highest BCUT2D eigenvalue weighted by atomic mass is 79.9. The number of halogens is 1. The molecule has 0 unspecified atom stereocenters. The van der Waals surface area contributed by atoms with E-state index in [9.17, 15) is 0 Å². The van der Waals surface area contributed by atoms with Gasteiger partial charge in [0.15, 0.2) is 0 Å². The van der Waals surface area contributed by atoms with Crippen molar-refractivity contribution in [3.63, 3.8) is 0 Å². The maximum absolute atomic E-state index is 6.33. The van der Waals surface area contributed by atoms with Crippen LogP contribution in [0, 0.1) is 6.92 Å². The Bertz CT molecular complexity index is 392. The van der Waals surface area contributed by atoms with Crippen LogP contribution in [-0.4, -0.2) is 5.54 Å². The van der Waals surface area contributed by atoms with Gasteiger partial charge in [-0.05, 0) is 37.0 Å². The molecule has 1 aromatic carbocycles. The van der Waals surface area contributed by atoms with E-state index in [0.717, 1.165) is 12.8 Å². The molecule has 1 aliphatic rings. The molecule has 0 aromatic heterocycles. The topological polar surface area (TPSA) is 26.0 Å². The van der Waals surface area contributed by atoms with Crippen molar-refractivity contribution >= 4 is 15.9 Å². The Morgan fingerprint density at radius 3 is 2.40 bits per heavy atom. The fourth-order valence-corrected chi connectivity index (χ4v) is 2.41. The van der Waals surface area contributed by atoms with Gasteiger partial charge in [-0.1, -0.05) is 41.9 Å². The molecular weight excluding hydrogens is 250 g/mol. The summed E-state index contributed by atoms with van der Waals surface area (Å²) in [6.07, 6.45) is 2.29. The second-order valence-electron chi connectivity index (χ2n) is 5.25. The molecule has 1 nitrogen and oxygen atoms in total.